The lowest BCUT2D eigenvalue weighted by atomic mass is 10.3. The molecule has 3 rings (SSSR count). The Bertz CT molecular complexity index is 622. The Morgan fingerprint density at radius 2 is 2.30 bits per heavy atom. The summed E-state index contributed by atoms with van der Waals surface area (Å²) in [5, 5.41) is 6.35. The van der Waals surface area contributed by atoms with E-state index in [1.807, 2.05) is 24.3 Å². The Labute approximate surface area is 119 Å². The maximum Gasteiger partial charge on any atom is 0.318 e. The van der Waals surface area contributed by atoms with Crippen LogP contribution in [0.4, 0.5) is 4.79 Å². The van der Waals surface area contributed by atoms with Crippen molar-refractivity contribution < 1.29 is 9.59 Å². The predicted octanol–water partition coefficient (Wildman–Crippen LogP) is 0.938. The third-order valence-electron chi connectivity index (χ3n) is 3.05. The number of carbonyl (C=O) groups is 2. The fraction of sp³-hybridized carbons (Fsp3) is 0.308. The van der Waals surface area contributed by atoms with Gasteiger partial charge < -0.3 is 15.5 Å². The highest BCUT2D eigenvalue weighted by molar-refractivity contribution is 7.18. The Kier molecular flexibility index (Phi) is 3.51. The second-order valence-electron chi connectivity index (χ2n) is 4.51. The molecule has 6 nitrogen and oxygen atoms in total. The van der Waals surface area contributed by atoms with Crippen LogP contribution in [0.3, 0.4) is 0 Å². The van der Waals surface area contributed by atoms with Crippen LogP contribution in [-0.4, -0.2) is 41.5 Å². The summed E-state index contributed by atoms with van der Waals surface area (Å²) in [6.45, 7) is 1.55. The molecule has 2 aromatic rings. The van der Waals surface area contributed by atoms with Gasteiger partial charge in [-0.05, 0) is 12.1 Å². The largest absolute Gasteiger partial charge is 0.353 e. The maximum atomic E-state index is 11.9. The van der Waals surface area contributed by atoms with Crippen molar-refractivity contribution in [1.29, 1.82) is 0 Å². The van der Waals surface area contributed by atoms with Crippen LogP contribution in [0.1, 0.15) is 5.01 Å². The maximum absolute atomic E-state index is 11.9. The predicted molar refractivity (Wildman–Crippen MR) is 76.4 cm³/mol. The summed E-state index contributed by atoms with van der Waals surface area (Å²) < 4.78 is 1.11. The Morgan fingerprint density at radius 3 is 3.10 bits per heavy atom. The third-order valence-corrected chi connectivity index (χ3v) is 4.09. The van der Waals surface area contributed by atoms with Crippen molar-refractivity contribution in [3.05, 3.63) is 29.3 Å². The van der Waals surface area contributed by atoms with E-state index in [2.05, 4.69) is 15.6 Å². The molecule has 2 N–H and O–H groups in total. The fourth-order valence-corrected chi connectivity index (χ4v) is 2.98. The van der Waals surface area contributed by atoms with E-state index < -0.39 is 0 Å². The molecular weight excluding hydrogens is 276 g/mol. The zero-order valence-corrected chi connectivity index (χ0v) is 11.6. The van der Waals surface area contributed by atoms with Gasteiger partial charge in [0, 0.05) is 13.1 Å². The van der Waals surface area contributed by atoms with E-state index in [0.29, 0.717) is 19.6 Å². The van der Waals surface area contributed by atoms with Gasteiger partial charge in [0.05, 0.1) is 16.8 Å². The van der Waals surface area contributed by atoms with Gasteiger partial charge in [-0.15, -0.1) is 11.3 Å². The summed E-state index contributed by atoms with van der Waals surface area (Å²) in [4.78, 5) is 29.1. The second-order valence-corrected chi connectivity index (χ2v) is 5.62. The molecule has 0 unspecified atom stereocenters. The van der Waals surface area contributed by atoms with Crippen molar-refractivity contribution in [2.75, 3.05) is 19.6 Å². The van der Waals surface area contributed by atoms with Crippen molar-refractivity contribution in [2.45, 2.75) is 6.54 Å². The molecule has 7 heteroatoms. The van der Waals surface area contributed by atoms with Gasteiger partial charge in [0.2, 0.25) is 5.91 Å². The molecule has 0 aliphatic carbocycles. The molecule has 1 aromatic heterocycles. The van der Waals surface area contributed by atoms with E-state index >= 15 is 0 Å². The minimum Gasteiger partial charge on any atom is -0.353 e. The van der Waals surface area contributed by atoms with Crippen LogP contribution in [0.2, 0.25) is 0 Å². The molecule has 20 heavy (non-hydrogen) atoms. The molecule has 1 aromatic carbocycles. The summed E-state index contributed by atoms with van der Waals surface area (Å²) in [6.07, 6.45) is 0. The molecule has 2 heterocycles. The van der Waals surface area contributed by atoms with Gasteiger partial charge in [-0.3, -0.25) is 4.79 Å². The number of thiazole rings is 1. The lowest BCUT2D eigenvalue weighted by molar-refractivity contribution is -0.123. The molecule has 1 saturated heterocycles. The Morgan fingerprint density at radius 1 is 1.45 bits per heavy atom. The monoisotopic (exact) mass is 290 g/mol. The Hall–Kier alpha value is -2.15. The number of carbonyl (C=O) groups excluding carboxylic acids is 2. The highest BCUT2D eigenvalue weighted by atomic mass is 32.1. The van der Waals surface area contributed by atoms with E-state index in [9.17, 15) is 9.59 Å². The zero-order chi connectivity index (χ0) is 13.9. The van der Waals surface area contributed by atoms with Gasteiger partial charge in [0.25, 0.3) is 0 Å². The zero-order valence-electron chi connectivity index (χ0n) is 10.8. The quantitative estimate of drug-likeness (QED) is 0.864. The van der Waals surface area contributed by atoms with Crippen LogP contribution in [0.15, 0.2) is 24.3 Å². The number of benzene rings is 1. The lowest BCUT2D eigenvalue weighted by Gasteiger charge is -2.26. The standard InChI is InChI=1S/C13H14N4O2S/c18-11-8-17(6-5-14-11)13(19)15-7-12-16-9-3-1-2-4-10(9)20-12/h1-4H,5-8H2,(H,14,18)(H,15,19). The van der Waals surface area contributed by atoms with Crippen LogP contribution in [0, 0.1) is 0 Å². The topological polar surface area (TPSA) is 74.3 Å². The number of nitrogens with one attached hydrogen (secondary N) is 2. The molecule has 1 fully saturated rings. The molecule has 0 radical (unpaired) electrons. The number of amides is 3. The number of aromatic nitrogens is 1. The number of rotatable bonds is 2. The van der Waals surface area contributed by atoms with E-state index in [0.717, 1.165) is 15.2 Å². The van der Waals surface area contributed by atoms with E-state index in [4.69, 9.17) is 0 Å². The molecule has 0 bridgehead atoms. The minimum absolute atomic E-state index is 0.117. The molecule has 1 aliphatic heterocycles. The second kappa shape index (κ2) is 5.46. The van der Waals surface area contributed by atoms with Crippen LogP contribution in [0.5, 0.6) is 0 Å². The first-order valence-electron chi connectivity index (χ1n) is 6.36. The number of piperazine rings is 1. The average Bonchev–Trinajstić information content (AvgIpc) is 2.87. The van der Waals surface area contributed by atoms with E-state index in [1.165, 1.54) is 4.90 Å². The number of nitrogens with zero attached hydrogens (tertiary/aromatic N) is 2. The molecular formula is C13H14N4O2S. The van der Waals surface area contributed by atoms with Crippen molar-refractivity contribution in [1.82, 2.24) is 20.5 Å². The van der Waals surface area contributed by atoms with Crippen molar-refractivity contribution in [2.24, 2.45) is 0 Å². The first kappa shape index (κ1) is 12.9. The van der Waals surface area contributed by atoms with Crippen LogP contribution in [-0.2, 0) is 11.3 Å². The van der Waals surface area contributed by atoms with E-state index in [1.54, 1.807) is 11.3 Å². The van der Waals surface area contributed by atoms with Crippen molar-refractivity contribution in [3.8, 4) is 0 Å². The minimum atomic E-state index is -0.223. The number of fused-ring (bicyclic) bond motifs is 1. The smallest absolute Gasteiger partial charge is 0.318 e. The van der Waals surface area contributed by atoms with E-state index in [-0.39, 0.29) is 18.5 Å². The number of hydrogen-bond donors (Lipinski definition) is 2. The van der Waals surface area contributed by atoms with Gasteiger partial charge in [-0.25, -0.2) is 9.78 Å². The summed E-state index contributed by atoms with van der Waals surface area (Å²) in [5.74, 6) is -0.119. The number of hydrogen-bond acceptors (Lipinski definition) is 4. The lowest BCUT2D eigenvalue weighted by Crippen LogP contribution is -2.52. The molecule has 104 valence electrons. The Balaban J connectivity index is 1.61. The first-order valence-corrected chi connectivity index (χ1v) is 7.18. The molecule has 0 saturated carbocycles. The molecule has 0 atom stereocenters. The van der Waals surface area contributed by atoms with Crippen LogP contribution in [0.25, 0.3) is 10.2 Å². The van der Waals surface area contributed by atoms with Gasteiger partial charge in [0.1, 0.15) is 11.6 Å². The summed E-state index contributed by atoms with van der Waals surface area (Å²) in [5.41, 5.74) is 0.944. The van der Waals surface area contributed by atoms with Crippen molar-refractivity contribution >= 4 is 33.5 Å². The molecule has 1 aliphatic rings. The third kappa shape index (κ3) is 2.72. The van der Waals surface area contributed by atoms with Gasteiger partial charge >= 0.3 is 6.03 Å². The SMILES string of the molecule is O=C1CN(C(=O)NCc2nc3ccccc3s2)CCN1. The van der Waals surface area contributed by atoms with Crippen LogP contribution >= 0.6 is 11.3 Å². The van der Waals surface area contributed by atoms with Gasteiger partial charge in [0.15, 0.2) is 0 Å². The summed E-state index contributed by atoms with van der Waals surface area (Å²) in [6, 6.07) is 7.64. The number of para-hydroxylation sites is 1. The number of urea groups is 1. The average molecular weight is 290 g/mol. The highest BCUT2D eigenvalue weighted by Gasteiger charge is 2.20. The fourth-order valence-electron chi connectivity index (χ4n) is 2.07. The summed E-state index contributed by atoms with van der Waals surface area (Å²) in [7, 11) is 0. The first-order chi connectivity index (χ1) is 9.72. The summed E-state index contributed by atoms with van der Waals surface area (Å²) >= 11 is 1.56. The van der Waals surface area contributed by atoms with Crippen LogP contribution < -0.4 is 10.6 Å². The van der Waals surface area contributed by atoms with Gasteiger partial charge in [-0.2, -0.15) is 0 Å². The normalized spacial score (nSPS) is 15.2. The highest BCUT2D eigenvalue weighted by Crippen LogP contribution is 2.21. The van der Waals surface area contributed by atoms with Crippen molar-refractivity contribution in [3.63, 3.8) is 0 Å². The molecule has 3 amide bonds. The van der Waals surface area contributed by atoms with Gasteiger partial charge in [-0.1, -0.05) is 12.1 Å². The molecule has 0 spiro atoms.